The summed E-state index contributed by atoms with van der Waals surface area (Å²) >= 11 is 0. The van der Waals surface area contributed by atoms with E-state index < -0.39 is 5.97 Å². The van der Waals surface area contributed by atoms with Crippen LogP contribution in [0.1, 0.15) is 84.0 Å². The second kappa shape index (κ2) is 9.41. The summed E-state index contributed by atoms with van der Waals surface area (Å²) in [7, 11) is 0. The standard InChI is InChI=1S/C16H30O2/c1-2-3-4-5-6-7-12-15(13-16(17)18)14-10-8-9-11-14/h14-15H,2-13H2,1H3,(H,17,18). The molecule has 1 atom stereocenters. The topological polar surface area (TPSA) is 37.3 Å². The van der Waals surface area contributed by atoms with Gasteiger partial charge in [-0.05, 0) is 18.3 Å². The number of carbonyl (C=O) groups is 1. The SMILES string of the molecule is CCCCCCCCC(CC(=O)O)C1CCCC1. The molecule has 2 heteroatoms. The van der Waals surface area contributed by atoms with E-state index in [4.69, 9.17) is 5.11 Å². The molecular weight excluding hydrogens is 224 g/mol. The lowest BCUT2D eigenvalue weighted by atomic mass is 9.84. The molecule has 2 nitrogen and oxygen atoms in total. The second-order valence-electron chi connectivity index (χ2n) is 5.96. The fourth-order valence-electron chi connectivity index (χ4n) is 3.34. The minimum Gasteiger partial charge on any atom is -0.481 e. The van der Waals surface area contributed by atoms with Gasteiger partial charge >= 0.3 is 5.97 Å². The molecule has 0 amide bonds. The van der Waals surface area contributed by atoms with Crippen LogP contribution in [0.3, 0.4) is 0 Å². The van der Waals surface area contributed by atoms with Crippen molar-refractivity contribution in [2.24, 2.45) is 11.8 Å². The minimum atomic E-state index is -0.599. The number of carboxylic acids is 1. The van der Waals surface area contributed by atoms with Gasteiger partial charge in [-0.3, -0.25) is 4.79 Å². The van der Waals surface area contributed by atoms with Crippen LogP contribution < -0.4 is 0 Å². The molecule has 1 unspecified atom stereocenters. The summed E-state index contributed by atoms with van der Waals surface area (Å²) in [5, 5.41) is 9.02. The first-order valence-corrected chi connectivity index (χ1v) is 7.95. The Morgan fingerprint density at radius 2 is 1.72 bits per heavy atom. The largest absolute Gasteiger partial charge is 0.481 e. The summed E-state index contributed by atoms with van der Waals surface area (Å²) in [6.45, 7) is 2.24. The van der Waals surface area contributed by atoms with Crippen molar-refractivity contribution in [3.05, 3.63) is 0 Å². The van der Waals surface area contributed by atoms with E-state index in [0.717, 1.165) is 6.42 Å². The molecule has 18 heavy (non-hydrogen) atoms. The van der Waals surface area contributed by atoms with Gasteiger partial charge in [0.1, 0.15) is 0 Å². The van der Waals surface area contributed by atoms with Gasteiger partial charge in [-0.2, -0.15) is 0 Å². The fraction of sp³-hybridized carbons (Fsp3) is 0.938. The molecule has 1 aliphatic carbocycles. The number of carboxylic acid groups (broad SMARTS) is 1. The normalized spacial score (nSPS) is 18.1. The van der Waals surface area contributed by atoms with Crippen molar-refractivity contribution in [3.8, 4) is 0 Å². The predicted octanol–water partition coefficient (Wildman–Crippen LogP) is 5.02. The van der Waals surface area contributed by atoms with Gasteiger partial charge in [0.15, 0.2) is 0 Å². The average molecular weight is 254 g/mol. The fourth-order valence-corrected chi connectivity index (χ4v) is 3.34. The smallest absolute Gasteiger partial charge is 0.303 e. The van der Waals surface area contributed by atoms with Gasteiger partial charge in [0.25, 0.3) is 0 Å². The number of hydrogen-bond acceptors (Lipinski definition) is 1. The number of hydrogen-bond donors (Lipinski definition) is 1. The molecule has 0 aliphatic heterocycles. The molecule has 0 radical (unpaired) electrons. The molecule has 1 aliphatic rings. The van der Waals surface area contributed by atoms with Crippen LogP contribution in [0.5, 0.6) is 0 Å². The quantitative estimate of drug-likeness (QED) is 0.556. The average Bonchev–Trinajstić information content (AvgIpc) is 2.85. The van der Waals surface area contributed by atoms with E-state index in [0.29, 0.717) is 18.3 Å². The van der Waals surface area contributed by atoms with Crippen molar-refractivity contribution >= 4 is 5.97 Å². The monoisotopic (exact) mass is 254 g/mol. The van der Waals surface area contributed by atoms with Gasteiger partial charge < -0.3 is 5.11 Å². The zero-order valence-electron chi connectivity index (χ0n) is 12.0. The molecular formula is C16H30O2. The highest BCUT2D eigenvalue weighted by Crippen LogP contribution is 2.36. The van der Waals surface area contributed by atoms with Crippen LogP contribution in [-0.2, 0) is 4.79 Å². The van der Waals surface area contributed by atoms with Crippen molar-refractivity contribution in [2.75, 3.05) is 0 Å². The Bertz CT molecular complexity index is 219. The molecule has 0 spiro atoms. The molecule has 1 rings (SSSR count). The van der Waals surface area contributed by atoms with E-state index in [1.54, 1.807) is 0 Å². The van der Waals surface area contributed by atoms with Crippen molar-refractivity contribution in [1.29, 1.82) is 0 Å². The van der Waals surface area contributed by atoms with Crippen molar-refractivity contribution in [3.63, 3.8) is 0 Å². The number of unbranched alkanes of at least 4 members (excludes halogenated alkanes) is 5. The zero-order chi connectivity index (χ0) is 13.2. The van der Waals surface area contributed by atoms with Crippen LogP contribution in [0.25, 0.3) is 0 Å². The summed E-state index contributed by atoms with van der Waals surface area (Å²) in [5.41, 5.74) is 0. The maximum absolute atomic E-state index is 10.9. The second-order valence-corrected chi connectivity index (χ2v) is 5.96. The Morgan fingerprint density at radius 1 is 1.11 bits per heavy atom. The molecule has 0 aromatic carbocycles. The van der Waals surface area contributed by atoms with Crippen molar-refractivity contribution in [1.82, 2.24) is 0 Å². The van der Waals surface area contributed by atoms with Crippen LogP contribution in [0.4, 0.5) is 0 Å². The third-order valence-electron chi connectivity index (χ3n) is 4.43. The lowest BCUT2D eigenvalue weighted by Crippen LogP contribution is -2.16. The van der Waals surface area contributed by atoms with Crippen molar-refractivity contribution in [2.45, 2.75) is 84.0 Å². The first kappa shape index (κ1) is 15.5. The number of rotatable bonds is 10. The molecule has 0 saturated heterocycles. The van der Waals surface area contributed by atoms with Gasteiger partial charge in [-0.1, -0.05) is 71.1 Å². The molecule has 0 aromatic heterocycles. The van der Waals surface area contributed by atoms with E-state index in [9.17, 15) is 4.79 Å². The predicted molar refractivity (Wildman–Crippen MR) is 75.7 cm³/mol. The summed E-state index contributed by atoms with van der Waals surface area (Å²) < 4.78 is 0. The zero-order valence-corrected chi connectivity index (χ0v) is 12.0. The van der Waals surface area contributed by atoms with E-state index in [1.165, 1.54) is 64.2 Å². The van der Waals surface area contributed by atoms with Gasteiger partial charge in [0.2, 0.25) is 0 Å². The van der Waals surface area contributed by atoms with Crippen molar-refractivity contribution < 1.29 is 9.90 Å². The molecule has 106 valence electrons. The van der Waals surface area contributed by atoms with Crippen LogP contribution in [0.2, 0.25) is 0 Å². The van der Waals surface area contributed by atoms with Crippen LogP contribution in [0.15, 0.2) is 0 Å². The van der Waals surface area contributed by atoms with E-state index in [2.05, 4.69) is 6.92 Å². The first-order chi connectivity index (χ1) is 8.74. The summed E-state index contributed by atoms with van der Waals surface area (Å²) in [5.74, 6) is 0.561. The lowest BCUT2D eigenvalue weighted by molar-refractivity contribution is -0.138. The molecule has 0 aromatic rings. The molecule has 1 N–H and O–H groups in total. The van der Waals surface area contributed by atoms with Crippen LogP contribution in [-0.4, -0.2) is 11.1 Å². The van der Waals surface area contributed by atoms with Gasteiger partial charge in [0.05, 0.1) is 0 Å². The maximum atomic E-state index is 10.9. The highest BCUT2D eigenvalue weighted by Gasteiger charge is 2.26. The highest BCUT2D eigenvalue weighted by molar-refractivity contribution is 5.67. The summed E-state index contributed by atoms with van der Waals surface area (Å²) in [6, 6.07) is 0. The molecule has 0 bridgehead atoms. The third-order valence-corrected chi connectivity index (χ3v) is 4.43. The summed E-state index contributed by atoms with van der Waals surface area (Å²) in [4.78, 5) is 10.9. The van der Waals surface area contributed by atoms with Gasteiger partial charge in [0, 0.05) is 6.42 Å². The Balaban J connectivity index is 2.17. The van der Waals surface area contributed by atoms with E-state index in [-0.39, 0.29) is 0 Å². The Hall–Kier alpha value is -0.530. The third kappa shape index (κ3) is 6.42. The van der Waals surface area contributed by atoms with E-state index in [1.807, 2.05) is 0 Å². The number of aliphatic carboxylic acids is 1. The van der Waals surface area contributed by atoms with Crippen LogP contribution in [0, 0.1) is 11.8 Å². The van der Waals surface area contributed by atoms with Gasteiger partial charge in [-0.25, -0.2) is 0 Å². The Labute approximate surface area is 112 Å². The minimum absolute atomic E-state index is 0.402. The summed E-state index contributed by atoms with van der Waals surface area (Å²) in [6.07, 6.45) is 14.6. The maximum Gasteiger partial charge on any atom is 0.303 e. The Kier molecular flexibility index (Phi) is 8.11. The highest BCUT2D eigenvalue weighted by atomic mass is 16.4. The molecule has 1 saturated carbocycles. The Morgan fingerprint density at radius 3 is 2.33 bits per heavy atom. The lowest BCUT2D eigenvalue weighted by Gasteiger charge is -2.21. The molecule has 0 heterocycles. The van der Waals surface area contributed by atoms with Gasteiger partial charge in [-0.15, -0.1) is 0 Å². The molecule has 1 fully saturated rings. The van der Waals surface area contributed by atoms with Crippen LogP contribution >= 0.6 is 0 Å². The first-order valence-electron chi connectivity index (χ1n) is 7.95. The van der Waals surface area contributed by atoms with E-state index >= 15 is 0 Å².